The first-order valence-corrected chi connectivity index (χ1v) is 9.85. The van der Waals surface area contributed by atoms with Gasteiger partial charge in [0.25, 0.3) is 0 Å². The molecule has 3 rings (SSSR count). The Labute approximate surface area is 156 Å². The highest BCUT2D eigenvalue weighted by atomic mass is 35.5. The number of hydrogen-bond acceptors (Lipinski definition) is 6. The molecule has 0 amide bonds. The fourth-order valence-corrected chi connectivity index (χ4v) is 3.83. The Morgan fingerprint density at radius 1 is 1.20 bits per heavy atom. The molecule has 1 aliphatic carbocycles. The number of nitrogens with one attached hydrogen (secondary N) is 1. The average Bonchev–Trinajstić information content (AvgIpc) is 2.64. The second-order valence-electron chi connectivity index (χ2n) is 5.98. The lowest BCUT2D eigenvalue weighted by Gasteiger charge is -2.21. The minimum atomic E-state index is -0.712. The number of aryl methyl sites for hydroxylation is 1. The van der Waals surface area contributed by atoms with Crippen molar-refractivity contribution in [1.82, 2.24) is 9.97 Å². The zero-order valence-corrected chi connectivity index (χ0v) is 15.5. The van der Waals surface area contributed by atoms with Gasteiger partial charge in [-0.2, -0.15) is 0 Å². The molecule has 0 bridgehead atoms. The molecular weight excluding hydrogens is 358 g/mol. The Morgan fingerprint density at radius 3 is 2.80 bits per heavy atom. The summed E-state index contributed by atoms with van der Waals surface area (Å²) in [5.41, 5.74) is 2.93. The lowest BCUT2D eigenvalue weighted by atomic mass is 9.96. The van der Waals surface area contributed by atoms with Gasteiger partial charge in [0.2, 0.25) is 0 Å². The number of hydrogen-bond donors (Lipinski definition) is 3. The van der Waals surface area contributed by atoms with Crippen LogP contribution in [0.2, 0.25) is 5.02 Å². The van der Waals surface area contributed by atoms with Crippen molar-refractivity contribution in [2.75, 3.05) is 24.2 Å². The van der Waals surface area contributed by atoms with Crippen molar-refractivity contribution in [2.24, 2.45) is 0 Å². The van der Waals surface area contributed by atoms with E-state index < -0.39 is 6.10 Å². The van der Waals surface area contributed by atoms with E-state index >= 15 is 0 Å². The van der Waals surface area contributed by atoms with Gasteiger partial charge in [-0.1, -0.05) is 41.6 Å². The molecule has 25 heavy (non-hydrogen) atoms. The molecule has 0 spiro atoms. The zero-order valence-electron chi connectivity index (χ0n) is 13.9. The molecule has 1 atom stereocenters. The summed E-state index contributed by atoms with van der Waals surface area (Å²) in [6.07, 6.45) is 3.45. The Hall–Kier alpha value is -1.34. The van der Waals surface area contributed by atoms with Gasteiger partial charge in [0.1, 0.15) is 5.82 Å². The molecule has 0 radical (unpaired) electrons. The summed E-state index contributed by atoms with van der Waals surface area (Å²) < 4.78 is 0. The van der Waals surface area contributed by atoms with Crippen molar-refractivity contribution in [3.8, 4) is 0 Å². The second-order valence-corrected chi connectivity index (χ2v) is 7.45. The van der Waals surface area contributed by atoms with Crippen LogP contribution in [0.3, 0.4) is 0 Å². The minimum absolute atomic E-state index is 0.0963. The van der Waals surface area contributed by atoms with E-state index in [1.165, 1.54) is 11.8 Å². The maximum Gasteiger partial charge on any atom is 0.189 e. The Balaban J connectivity index is 1.77. The fourth-order valence-electron chi connectivity index (χ4n) is 2.97. The fraction of sp³-hybridized carbons (Fsp3) is 0.444. The van der Waals surface area contributed by atoms with E-state index in [2.05, 4.69) is 15.3 Å². The summed E-state index contributed by atoms with van der Waals surface area (Å²) in [5.74, 6) is 1.36. The SMILES string of the molecule is OCCSc1nc2c(c(NCC(O)c3ccccc3Cl)n1)CCCC2. The second kappa shape index (κ2) is 8.85. The zero-order chi connectivity index (χ0) is 17.6. The van der Waals surface area contributed by atoms with E-state index in [4.69, 9.17) is 16.7 Å². The van der Waals surface area contributed by atoms with Crippen LogP contribution in [0.4, 0.5) is 5.82 Å². The predicted octanol–water partition coefficient (Wildman–Crippen LogP) is 3.24. The molecule has 1 heterocycles. The summed E-state index contributed by atoms with van der Waals surface area (Å²) in [7, 11) is 0. The molecule has 0 aliphatic heterocycles. The van der Waals surface area contributed by atoms with Crippen LogP contribution in [0, 0.1) is 0 Å². The van der Waals surface area contributed by atoms with Crippen LogP contribution in [0.25, 0.3) is 0 Å². The van der Waals surface area contributed by atoms with Gasteiger partial charge in [-0.05, 0) is 31.7 Å². The molecule has 0 saturated carbocycles. The largest absolute Gasteiger partial charge is 0.396 e. The van der Waals surface area contributed by atoms with E-state index in [1.54, 1.807) is 6.07 Å². The summed E-state index contributed by atoms with van der Waals surface area (Å²) in [6.45, 7) is 0.427. The van der Waals surface area contributed by atoms with E-state index in [9.17, 15) is 5.11 Å². The van der Waals surface area contributed by atoms with Gasteiger partial charge < -0.3 is 15.5 Å². The van der Waals surface area contributed by atoms with Crippen LogP contribution in [0.5, 0.6) is 0 Å². The number of halogens is 1. The van der Waals surface area contributed by atoms with E-state index in [1.807, 2.05) is 18.2 Å². The smallest absolute Gasteiger partial charge is 0.189 e. The molecular formula is C18H22ClN3O2S. The Kier molecular flexibility index (Phi) is 6.53. The molecule has 1 unspecified atom stereocenters. The quantitative estimate of drug-likeness (QED) is 0.506. The molecule has 0 saturated heterocycles. The van der Waals surface area contributed by atoms with E-state index in [-0.39, 0.29) is 6.61 Å². The highest BCUT2D eigenvalue weighted by Crippen LogP contribution is 2.29. The maximum absolute atomic E-state index is 10.4. The van der Waals surface area contributed by atoms with Crippen LogP contribution in [-0.4, -0.2) is 39.1 Å². The molecule has 5 nitrogen and oxygen atoms in total. The van der Waals surface area contributed by atoms with Gasteiger partial charge in [0.15, 0.2) is 5.16 Å². The lowest BCUT2D eigenvalue weighted by molar-refractivity contribution is 0.191. The first-order valence-electron chi connectivity index (χ1n) is 8.49. The third-order valence-corrected chi connectivity index (χ3v) is 5.38. The first kappa shape index (κ1) is 18.5. The molecule has 7 heteroatoms. The minimum Gasteiger partial charge on any atom is -0.396 e. The number of nitrogens with zero attached hydrogens (tertiary/aromatic N) is 2. The lowest BCUT2D eigenvalue weighted by Crippen LogP contribution is -2.18. The molecule has 134 valence electrons. The highest BCUT2D eigenvalue weighted by Gasteiger charge is 2.19. The van der Waals surface area contributed by atoms with Gasteiger partial charge >= 0.3 is 0 Å². The molecule has 0 fully saturated rings. The summed E-state index contributed by atoms with van der Waals surface area (Å²) in [5, 5.41) is 24.0. The number of fused-ring (bicyclic) bond motifs is 1. The van der Waals surface area contributed by atoms with Crippen LogP contribution in [0.15, 0.2) is 29.4 Å². The van der Waals surface area contributed by atoms with Gasteiger partial charge in [-0.15, -0.1) is 0 Å². The number of rotatable bonds is 7. The predicted molar refractivity (Wildman–Crippen MR) is 101 cm³/mol. The number of aromatic nitrogens is 2. The standard InChI is InChI=1S/C18H22ClN3O2S/c19-14-7-3-1-5-12(14)16(24)11-20-17-13-6-2-4-8-15(13)21-18(22-17)25-10-9-23/h1,3,5,7,16,23-24H,2,4,6,8-11H2,(H,20,21,22). The number of anilines is 1. The Morgan fingerprint density at radius 2 is 2.00 bits per heavy atom. The van der Waals surface area contributed by atoms with Crippen molar-refractivity contribution in [1.29, 1.82) is 0 Å². The van der Waals surface area contributed by atoms with Crippen molar-refractivity contribution < 1.29 is 10.2 Å². The van der Waals surface area contributed by atoms with Gasteiger partial charge in [0, 0.05) is 28.4 Å². The average molecular weight is 380 g/mol. The topological polar surface area (TPSA) is 78.3 Å². The molecule has 1 aliphatic rings. The number of aliphatic hydroxyl groups excluding tert-OH is 2. The van der Waals surface area contributed by atoms with Crippen LogP contribution in [-0.2, 0) is 12.8 Å². The van der Waals surface area contributed by atoms with Crippen molar-refractivity contribution in [3.63, 3.8) is 0 Å². The van der Waals surface area contributed by atoms with Crippen LogP contribution >= 0.6 is 23.4 Å². The van der Waals surface area contributed by atoms with Crippen molar-refractivity contribution in [3.05, 3.63) is 46.1 Å². The van der Waals surface area contributed by atoms with E-state index in [0.29, 0.717) is 28.0 Å². The molecule has 2 aromatic rings. The molecule has 1 aromatic heterocycles. The number of benzene rings is 1. The van der Waals surface area contributed by atoms with Crippen molar-refractivity contribution in [2.45, 2.75) is 36.9 Å². The monoisotopic (exact) mass is 379 g/mol. The van der Waals surface area contributed by atoms with Crippen molar-refractivity contribution >= 4 is 29.2 Å². The summed E-state index contributed by atoms with van der Waals surface area (Å²) in [6, 6.07) is 7.31. The molecule has 3 N–H and O–H groups in total. The molecule has 1 aromatic carbocycles. The maximum atomic E-state index is 10.4. The van der Waals surface area contributed by atoms with Crippen LogP contribution < -0.4 is 5.32 Å². The first-order chi connectivity index (χ1) is 12.2. The number of aliphatic hydroxyl groups is 2. The van der Waals surface area contributed by atoms with E-state index in [0.717, 1.165) is 42.8 Å². The normalized spacial score (nSPS) is 14.8. The Bertz CT molecular complexity index is 729. The van der Waals surface area contributed by atoms with Gasteiger partial charge in [0.05, 0.1) is 18.4 Å². The summed E-state index contributed by atoms with van der Waals surface area (Å²) >= 11 is 7.60. The van der Waals surface area contributed by atoms with Crippen LogP contribution in [0.1, 0.15) is 35.8 Å². The third kappa shape index (κ3) is 4.64. The highest BCUT2D eigenvalue weighted by molar-refractivity contribution is 7.99. The van der Waals surface area contributed by atoms with Gasteiger partial charge in [-0.25, -0.2) is 9.97 Å². The van der Waals surface area contributed by atoms with Gasteiger partial charge in [-0.3, -0.25) is 0 Å². The third-order valence-electron chi connectivity index (χ3n) is 4.21. The summed E-state index contributed by atoms with van der Waals surface area (Å²) in [4.78, 5) is 9.23. The number of thioether (sulfide) groups is 1.